The van der Waals surface area contributed by atoms with Crippen LogP contribution in [0.1, 0.15) is 11.3 Å². The Morgan fingerprint density at radius 1 is 1.37 bits per heavy atom. The summed E-state index contributed by atoms with van der Waals surface area (Å²) in [4.78, 5) is 15.2. The van der Waals surface area contributed by atoms with Crippen LogP contribution in [0.25, 0.3) is 11.5 Å². The number of aromatic nitrogens is 1. The van der Waals surface area contributed by atoms with Crippen LogP contribution >= 0.6 is 0 Å². The molecule has 0 spiro atoms. The lowest BCUT2D eigenvalue weighted by molar-refractivity contribution is -0.123. The summed E-state index contributed by atoms with van der Waals surface area (Å²) in [5.41, 5.74) is 2.88. The highest BCUT2D eigenvalue weighted by Crippen LogP contribution is 2.19. The first kappa shape index (κ1) is 13.3. The van der Waals surface area contributed by atoms with Crippen molar-refractivity contribution in [1.82, 2.24) is 10.3 Å². The normalized spacial score (nSPS) is 10.4. The average molecular weight is 260 g/mol. The SMILES string of the molecule is Cc1ccc(-c2nc(CCNC(=O)CO)co2)cc1. The Bertz CT molecular complexity index is 546. The van der Waals surface area contributed by atoms with Gasteiger partial charge in [0.15, 0.2) is 0 Å². The van der Waals surface area contributed by atoms with E-state index in [1.807, 2.05) is 31.2 Å². The van der Waals surface area contributed by atoms with Crippen molar-refractivity contribution in [3.63, 3.8) is 0 Å². The summed E-state index contributed by atoms with van der Waals surface area (Å²) in [6, 6.07) is 7.92. The molecule has 0 aliphatic carbocycles. The first-order valence-corrected chi connectivity index (χ1v) is 6.08. The summed E-state index contributed by atoms with van der Waals surface area (Å²) in [5, 5.41) is 11.1. The quantitative estimate of drug-likeness (QED) is 0.849. The van der Waals surface area contributed by atoms with Gasteiger partial charge in [-0.25, -0.2) is 4.98 Å². The van der Waals surface area contributed by atoms with Gasteiger partial charge in [0.1, 0.15) is 12.9 Å². The number of benzene rings is 1. The first-order valence-electron chi connectivity index (χ1n) is 6.08. The van der Waals surface area contributed by atoms with Crippen LogP contribution in [0.2, 0.25) is 0 Å². The molecule has 0 saturated heterocycles. The molecule has 2 aromatic rings. The van der Waals surface area contributed by atoms with E-state index in [2.05, 4.69) is 10.3 Å². The summed E-state index contributed by atoms with van der Waals surface area (Å²) in [7, 11) is 0. The fourth-order valence-electron chi connectivity index (χ4n) is 1.64. The minimum atomic E-state index is -0.493. The van der Waals surface area contributed by atoms with Crippen molar-refractivity contribution < 1.29 is 14.3 Å². The molecule has 1 amide bonds. The predicted molar refractivity (Wildman–Crippen MR) is 70.5 cm³/mol. The zero-order valence-corrected chi connectivity index (χ0v) is 10.7. The third kappa shape index (κ3) is 3.66. The van der Waals surface area contributed by atoms with Crippen LogP contribution in [0.5, 0.6) is 0 Å². The van der Waals surface area contributed by atoms with Crippen LogP contribution in [0, 0.1) is 6.92 Å². The van der Waals surface area contributed by atoms with Gasteiger partial charge in [-0.2, -0.15) is 0 Å². The fraction of sp³-hybridized carbons (Fsp3) is 0.286. The highest BCUT2D eigenvalue weighted by Gasteiger charge is 2.06. The van der Waals surface area contributed by atoms with Crippen molar-refractivity contribution in [2.45, 2.75) is 13.3 Å². The van der Waals surface area contributed by atoms with E-state index in [-0.39, 0.29) is 5.91 Å². The minimum absolute atomic E-state index is 0.387. The van der Waals surface area contributed by atoms with E-state index in [1.54, 1.807) is 6.26 Å². The molecule has 0 aliphatic heterocycles. The number of aliphatic hydroxyl groups excluding tert-OH is 1. The molecule has 0 bridgehead atoms. The zero-order chi connectivity index (χ0) is 13.7. The van der Waals surface area contributed by atoms with Crippen LogP contribution < -0.4 is 5.32 Å². The molecule has 0 aliphatic rings. The second-order valence-corrected chi connectivity index (χ2v) is 4.27. The number of aliphatic hydroxyl groups is 1. The lowest BCUT2D eigenvalue weighted by Gasteiger charge is -1.99. The summed E-state index contributed by atoms with van der Waals surface area (Å²) in [5.74, 6) is 0.186. The number of oxazole rings is 1. The maximum atomic E-state index is 10.9. The van der Waals surface area contributed by atoms with E-state index in [1.165, 1.54) is 5.56 Å². The number of hydrogen-bond donors (Lipinski definition) is 2. The van der Waals surface area contributed by atoms with Crippen molar-refractivity contribution in [2.24, 2.45) is 0 Å². The lowest BCUT2D eigenvalue weighted by atomic mass is 10.1. The number of rotatable bonds is 5. The Morgan fingerprint density at radius 3 is 2.79 bits per heavy atom. The van der Waals surface area contributed by atoms with Crippen molar-refractivity contribution in [2.75, 3.05) is 13.2 Å². The molecule has 0 atom stereocenters. The molecule has 0 radical (unpaired) electrons. The molecule has 0 unspecified atom stereocenters. The Kier molecular flexibility index (Phi) is 4.30. The van der Waals surface area contributed by atoms with Crippen LogP contribution in [0.4, 0.5) is 0 Å². The molecule has 1 heterocycles. The standard InChI is InChI=1S/C14H16N2O3/c1-10-2-4-11(5-3-10)14-16-12(9-19-14)6-7-15-13(18)8-17/h2-5,9,17H,6-8H2,1H3,(H,15,18). The molecule has 5 heteroatoms. The molecular weight excluding hydrogens is 244 g/mol. The maximum Gasteiger partial charge on any atom is 0.245 e. The van der Waals surface area contributed by atoms with Gasteiger partial charge in [-0.15, -0.1) is 0 Å². The smallest absolute Gasteiger partial charge is 0.245 e. The predicted octanol–water partition coefficient (Wildman–Crippen LogP) is 1.30. The van der Waals surface area contributed by atoms with Gasteiger partial charge in [-0.05, 0) is 19.1 Å². The van der Waals surface area contributed by atoms with Crippen molar-refractivity contribution in [3.8, 4) is 11.5 Å². The average Bonchev–Trinajstić information content (AvgIpc) is 2.88. The van der Waals surface area contributed by atoms with Gasteiger partial charge in [0, 0.05) is 18.5 Å². The highest BCUT2D eigenvalue weighted by molar-refractivity contribution is 5.76. The number of carbonyl (C=O) groups excluding carboxylic acids is 1. The Hall–Kier alpha value is -2.14. The fourth-order valence-corrected chi connectivity index (χ4v) is 1.64. The van der Waals surface area contributed by atoms with Gasteiger partial charge in [0.25, 0.3) is 0 Å². The molecule has 19 heavy (non-hydrogen) atoms. The summed E-state index contributed by atoms with van der Waals surface area (Å²) >= 11 is 0. The number of amides is 1. The lowest BCUT2D eigenvalue weighted by Crippen LogP contribution is -2.28. The Morgan fingerprint density at radius 2 is 2.11 bits per heavy atom. The summed E-state index contributed by atoms with van der Waals surface area (Å²) < 4.78 is 5.40. The molecule has 0 fully saturated rings. The van der Waals surface area contributed by atoms with E-state index >= 15 is 0 Å². The second kappa shape index (κ2) is 6.15. The maximum absolute atomic E-state index is 10.9. The van der Waals surface area contributed by atoms with E-state index in [9.17, 15) is 4.79 Å². The van der Waals surface area contributed by atoms with Gasteiger partial charge in [0.2, 0.25) is 11.8 Å². The van der Waals surface area contributed by atoms with Crippen LogP contribution in [0.3, 0.4) is 0 Å². The van der Waals surface area contributed by atoms with E-state index < -0.39 is 6.61 Å². The highest BCUT2D eigenvalue weighted by atomic mass is 16.3. The van der Waals surface area contributed by atoms with Crippen LogP contribution in [0.15, 0.2) is 34.9 Å². The summed E-state index contributed by atoms with van der Waals surface area (Å²) in [6.07, 6.45) is 2.15. The molecule has 1 aromatic carbocycles. The third-order valence-corrected chi connectivity index (χ3v) is 2.70. The minimum Gasteiger partial charge on any atom is -0.444 e. The van der Waals surface area contributed by atoms with E-state index in [4.69, 9.17) is 9.52 Å². The first-order chi connectivity index (χ1) is 9.19. The number of hydrogen-bond acceptors (Lipinski definition) is 4. The molecule has 100 valence electrons. The molecule has 5 nitrogen and oxygen atoms in total. The zero-order valence-electron chi connectivity index (χ0n) is 10.7. The Labute approximate surface area is 111 Å². The monoisotopic (exact) mass is 260 g/mol. The van der Waals surface area contributed by atoms with Gasteiger partial charge < -0.3 is 14.8 Å². The molecule has 2 rings (SSSR count). The van der Waals surface area contributed by atoms with Crippen LogP contribution in [-0.2, 0) is 11.2 Å². The number of nitrogens with one attached hydrogen (secondary N) is 1. The summed E-state index contributed by atoms with van der Waals surface area (Å²) in [6.45, 7) is 1.96. The number of aryl methyl sites for hydroxylation is 1. The second-order valence-electron chi connectivity index (χ2n) is 4.27. The van der Waals surface area contributed by atoms with Gasteiger partial charge in [-0.1, -0.05) is 17.7 Å². The molecule has 0 saturated carbocycles. The molecule has 1 aromatic heterocycles. The number of carbonyl (C=O) groups is 1. The third-order valence-electron chi connectivity index (χ3n) is 2.70. The Balaban J connectivity index is 1.95. The van der Waals surface area contributed by atoms with Gasteiger partial charge >= 0.3 is 0 Å². The molecule has 2 N–H and O–H groups in total. The number of nitrogens with zero attached hydrogens (tertiary/aromatic N) is 1. The largest absolute Gasteiger partial charge is 0.444 e. The van der Waals surface area contributed by atoms with Crippen LogP contribution in [-0.4, -0.2) is 29.1 Å². The molecular formula is C14H16N2O3. The van der Waals surface area contributed by atoms with E-state index in [0.29, 0.717) is 18.9 Å². The topological polar surface area (TPSA) is 75.4 Å². The van der Waals surface area contributed by atoms with E-state index in [0.717, 1.165) is 11.3 Å². The van der Waals surface area contributed by atoms with Gasteiger partial charge in [0.05, 0.1) is 5.69 Å². The van der Waals surface area contributed by atoms with Crippen molar-refractivity contribution in [3.05, 3.63) is 41.8 Å². The van der Waals surface area contributed by atoms with Crippen molar-refractivity contribution >= 4 is 5.91 Å². The van der Waals surface area contributed by atoms with Crippen molar-refractivity contribution in [1.29, 1.82) is 0 Å². The van der Waals surface area contributed by atoms with Gasteiger partial charge in [-0.3, -0.25) is 4.79 Å².